The van der Waals surface area contributed by atoms with E-state index in [0.717, 1.165) is 29.2 Å². The van der Waals surface area contributed by atoms with Crippen molar-refractivity contribution in [2.45, 2.75) is 32.2 Å². The van der Waals surface area contributed by atoms with Crippen molar-refractivity contribution in [2.75, 3.05) is 20.1 Å². The Labute approximate surface area is 207 Å². The first-order valence-corrected chi connectivity index (χ1v) is 12.4. The minimum Gasteiger partial charge on any atom is -0.467 e. The second-order valence-electron chi connectivity index (χ2n) is 8.71. The summed E-state index contributed by atoms with van der Waals surface area (Å²) in [6.07, 6.45) is 3.18. The average Bonchev–Trinajstić information content (AvgIpc) is 3.65. The molecule has 0 N–H and O–H groups in total. The number of rotatable bonds is 6. The van der Waals surface area contributed by atoms with Crippen LogP contribution in [-0.4, -0.2) is 51.9 Å². The molecule has 4 heterocycles. The number of aromatic nitrogens is 2. The summed E-state index contributed by atoms with van der Waals surface area (Å²) < 4.78 is 10.7. The van der Waals surface area contributed by atoms with E-state index in [9.17, 15) is 9.59 Å². The van der Waals surface area contributed by atoms with E-state index < -0.39 is 0 Å². The minimum atomic E-state index is -0.132. The van der Waals surface area contributed by atoms with Crippen LogP contribution in [0.25, 0.3) is 11.3 Å². The lowest BCUT2D eigenvalue weighted by molar-refractivity contribution is 0.0711. The topological polar surface area (TPSA) is 92.7 Å². The molecule has 8 nitrogen and oxygen atoms in total. The molecule has 0 atom stereocenters. The quantitative estimate of drug-likeness (QED) is 0.378. The van der Waals surface area contributed by atoms with E-state index in [1.807, 2.05) is 46.7 Å². The van der Waals surface area contributed by atoms with Crippen molar-refractivity contribution in [3.05, 3.63) is 81.9 Å². The largest absolute Gasteiger partial charge is 0.467 e. The average molecular weight is 491 g/mol. The second-order valence-corrected chi connectivity index (χ2v) is 9.60. The number of amides is 2. The van der Waals surface area contributed by atoms with Crippen LogP contribution in [-0.2, 0) is 6.54 Å². The Morgan fingerprint density at radius 2 is 1.91 bits per heavy atom. The van der Waals surface area contributed by atoms with Gasteiger partial charge in [-0.2, -0.15) is 0 Å². The highest BCUT2D eigenvalue weighted by Crippen LogP contribution is 2.33. The van der Waals surface area contributed by atoms with E-state index in [1.165, 1.54) is 11.3 Å². The van der Waals surface area contributed by atoms with Crippen molar-refractivity contribution in [1.82, 2.24) is 19.9 Å². The molecule has 9 heteroatoms. The monoisotopic (exact) mass is 490 g/mol. The molecule has 180 valence electrons. The van der Waals surface area contributed by atoms with Crippen LogP contribution in [0, 0.1) is 6.92 Å². The van der Waals surface area contributed by atoms with Gasteiger partial charge in [0, 0.05) is 37.0 Å². The fourth-order valence-corrected chi connectivity index (χ4v) is 5.35. The van der Waals surface area contributed by atoms with Gasteiger partial charge in [0.1, 0.15) is 28.5 Å². The summed E-state index contributed by atoms with van der Waals surface area (Å²) in [5.74, 6) is 1.28. The molecule has 1 aliphatic rings. The van der Waals surface area contributed by atoms with Gasteiger partial charge in [-0.1, -0.05) is 35.5 Å². The van der Waals surface area contributed by atoms with Gasteiger partial charge in [-0.15, -0.1) is 11.3 Å². The molecule has 0 bridgehead atoms. The minimum absolute atomic E-state index is 0.0596. The number of thiazole rings is 1. The summed E-state index contributed by atoms with van der Waals surface area (Å²) in [4.78, 5) is 34.3. The lowest BCUT2D eigenvalue weighted by Crippen LogP contribution is -2.38. The van der Waals surface area contributed by atoms with Gasteiger partial charge in [0.05, 0.1) is 17.8 Å². The summed E-state index contributed by atoms with van der Waals surface area (Å²) in [6.45, 7) is 3.40. The molecule has 35 heavy (non-hydrogen) atoms. The Hall–Kier alpha value is -3.72. The number of nitrogens with zero attached hydrogens (tertiary/aromatic N) is 4. The van der Waals surface area contributed by atoms with E-state index >= 15 is 0 Å². The zero-order valence-corrected chi connectivity index (χ0v) is 20.5. The van der Waals surface area contributed by atoms with Crippen LogP contribution in [0.4, 0.5) is 0 Å². The zero-order valence-electron chi connectivity index (χ0n) is 19.6. The molecule has 3 aromatic heterocycles. The third-order valence-electron chi connectivity index (χ3n) is 6.32. The molecule has 0 spiro atoms. The molecule has 1 saturated heterocycles. The summed E-state index contributed by atoms with van der Waals surface area (Å²) >= 11 is 1.51. The number of aryl methyl sites for hydroxylation is 1. The van der Waals surface area contributed by atoms with Gasteiger partial charge in [-0.05, 0) is 31.9 Å². The first-order chi connectivity index (χ1) is 17.0. The van der Waals surface area contributed by atoms with Crippen molar-refractivity contribution in [3.63, 3.8) is 0 Å². The maximum absolute atomic E-state index is 13.4. The SMILES string of the molecule is Cc1onc(-c2ccccc2)c1C(=O)N1CCC(c2nc(C(=O)N(C)Cc3ccco3)cs2)CC1. The van der Waals surface area contributed by atoms with Gasteiger partial charge >= 0.3 is 0 Å². The van der Waals surface area contributed by atoms with Gasteiger partial charge in [0.2, 0.25) is 0 Å². The summed E-state index contributed by atoms with van der Waals surface area (Å²) in [7, 11) is 1.74. The molecule has 0 radical (unpaired) electrons. The predicted molar refractivity (Wildman–Crippen MR) is 131 cm³/mol. The van der Waals surface area contributed by atoms with E-state index in [0.29, 0.717) is 42.3 Å². The van der Waals surface area contributed by atoms with Crippen molar-refractivity contribution in [2.24, 2.45) is 0 Å². The van der Waals surface area contributed by atoms with E-state index in [1.54, 1.807) is 31.2 Å². The van der Waals surface area contributed by atoms with Crippen LogP contribution in [0.3, 0.4) is 0 Å². The van der Waals surface area contributed by atoms with Crippen molar-refractivity contribution < 1.29 is 18.5 Å². The number of hydrogen-bond acceptors (Lipinski definition) is 7. The van der Waals surface area contributed by atoms with Crippen LogP contribution in [0.1, 0.15) is 56.1 Å². The Bertz CT molecular complexity index is 1300. The fraction of sp³-hybridized carbons (Fsp3) is 0.308. The molecular weight excluding hydrogens is 464 g/mol. The van der Waals surface area contributed by atoms with Crippen molar-refractivity contribution in [3.8, 4) is 11.3 Å². The van der Waals surface area contributed by atoms with Gasteiger partial charge in [0.25, 0.3) is 11.8 Å². The van der Waals surface area contributed by atoms with Crippen molar-refractivity contribution >= 4 is 23.2 Å². The molecule has 2 amide bonds. The molecule has 1 aromatic carbocycles. The third kappa shape index (κ3) is 4.77. The number of carbonyl (C=O) groups is 2. The van der Waals surface area contributed by atoms with Crippen LogP contribution < -0.4 is 0 Å². The van der Waals surface area contributed by atoms with E-state index in [4.69, 9.17) is 8.94 Å². The first kappa shape index (κ1) is 23.0. The maximum atomic E-state index is 13.4. The Kier molecular flexibility index (Phi) is 6.50. The lowest BCUT2D eigenvalue weighted by Gasteiger charge is -2.31. The highest BCUT2D eigenvalue weighted by atomic mass is 32.1. The third-order valence-corrected chi connectivity index (χ3v) is 7.32. The Balaban J connectivity index is 1.22. The molecule has 0 saturated carbocycles. The number of piperidine rings is 1. The highest BCUT2D eigenvalue weighted by molar-refractivity contribution is 7.09. The van der Waals surface area contributed by atoms with Gasteiger partial charge in [0.15, 0.2) is 0 Å². The van der Waals surface area contributed by atoms with Crippen LogP contribution in [0.2, 0.25) is 0 Å². The first-order valence-electron chi connectivity index (χ1n) is 11.6. The Morgan fingerprint density at radius 3 is 2.63 bits per heavy atom. The van der Waals surface area contributed by atoms with Gasteiger partial charge in [-0.25, -0.2) is 4.98 Å². The maximum Gasteiger partial charge on any atom is 0.273 e. The zero-order chi connectivity index (χ0) is 24.4. The number of carbonyl (C=O) groups excluding carboxylic acids is 2. The van der Waals surface area contributed by atoms with E-state index in [2.05, 4.69) is 10.1 Å². The predicted octanol–water partition coefficient (Wildman–Crippen LogP) is 4.99. The molecule has 1 aliphatic heterocycles. The normalized spacial score (nSPS) is 14.3. The number of benzene rings is 1. The summed E-state index contributed by atoms with van der Waals surface area (Å²) in [6, 6.07) is 13.3. The highest BCUT2D eigenvalue weighted by Gasteiger charge is 2.31. The second kappa shape index (κ2) is 9.87. The standard InChI is InChI=1S/C26H26N4O4S/c1-17-22(23(28-34-17)18-7-4-3-5-8-18)26(32)30-12-10-19(11-13-30)24-27-21(16-35-24)25(31)29(2)15-20-9-6-14-33-20/h3-9,14,16,19H,10-13,15H2,1-2H3. The van der Waals surface area contributed by atoms with Gasteiger partial charge in [-0.3, -0.25) is 9.59 Å². The lowest BCUT2D eigenvalue weighted by atomic mass is 9.96. The fourth-order valence-electron chi connectivity index (χ4n) is 4.38. The molecule has 4 aromatic rings. The van der Waals surface area contributed by atoms with Crippen molar-refractivity contribution in [1.29, 1.82) is 0 Å². The van der Waals surface area contributed by atoms with Crippen LogP contribution in [0.15, 0.2) is 63.0 Å². The molecule has 0 aliphatic carbocycles. The molecular formula is C26H26N4O4S. The number of hydrogen-bond donors (Lipinski definition) is 0. The Morgan fingerprint density at radius 1 is 1.14 bits per heavy atom. The summed E-state index contributed by atoms with van der Waals surface area (Å²) in [5.41, 5.74) is 2.41. The smallest absolute Gasteiger partial charge is 0.273 e. The number of furan rings is 1. The van der Waals surface area contributed by atoms with Crippen LogP contribution >= 0.6 is 11.3 Å². The molecule has 1 fully saturated rings. The summed E-state index contributed by atoms with van der Waals surface area (Å²) in [5, 5.41) is 6.91. The molecule has 5 rings (SSSR count). The number of likely N-dealkylation sites (tertiary alicyclic amines) is 1. The van der Waals surface area contributed by atoms with E-state index in [-0.39, 0.29) is 17.7 Å². The van der Waals surface area contributed by atoms with Crippen LogP contribution in [0.5, 0.6) is 0 Å². The van der Waals surface area contributed by atoms with Gasteiger partial charge < -0.3 is 18.7 Å². The molecule has 0 unspecified atom stereocenters.